The summed E-state index contributed by atoms with van der Waals surface area (Å²) in [7, 11) is 0. The Labute approximate surface area is 90.7 Å². The van der Waals surface area contributed by atoms with Gasteiger partial charge in [0.2, 0.25) is 0 Å². The topological polar surface area (TPSA) is 48.1 Å². The summed E-state index contributed by atoms with van der Waals surface area (Å²) in [6.07, 6.45) is 8.39. The van der Waals surface area contributed by atoms with E-state index >= 15 is 0 Å². The highest BCUT2D eigenvalue weighted by molar-refractivity contribution is 5.35. The van der Waals surface area contributed by atoms with Gasteiger partial charge < -0.3 is 10.5 Å². The van der Waals surface area contributed by atoms with E-state index < -0.39 is 0 Å². The van der Waals surface area contributed by atoms with Crippen LogP contribution >= 0.6 is 0 Å². The Bertz CT molecular complexity index is 308. The molecule has 1 saturated carbocycles. The van der Waals surface area contributed by atoms with Crippen molar-refractivity contribution >= 4 is 5.82 Å². The number of hydrogen-bond acceptors (Lipinski definition) is 3. The highest BCUT2D eigenvalue weighted by atomic mass is 16.5. The zero-order chi connectivity index (χ0) is 10.5. The number of nitrogen functional groups attached to an aromatic ring is 1. The molecule has 3 nitrogen and oxygen atoms in total. The zero-order valence-electron chi connectivity index (χ0n) is 8.98. The third-order valence-electron chi connectivity index (χ3n) is 2.96. The number of rotatable bonds is 3. The predicted molar refractivity (Wildman–Crippen MR) is 60.7 cm³/mol. The summed E-state index contributed by atoms with van der Waals surface area (Å²) >= 11 is 0. The normalized spacial score (nSPS) is 17.6. The summed E-state index contributed by atoms with van der Waals surface area (Å²) in [5.74, 6) is 2.09. The van der Waals surface area contributed by atoms with Crippen LogP contribution in [-0.4, -0.2) is 11.6 Å². The van der Waals surface area contributed by atoms with Gasteiger partial charge in [-0.3, -0.25) is 0 Å². The van der Waals surface area contributed by atoms with E-state index in [1.54, 1.807) is 12.3 Å². The Hall–Kier alpha value is -1.25. The molecule has 0 spiro atoms. The van der Waals surface area contributed by atoms with Crippen LogP contribution in [0.15, 0.2) is 18.3 Å². The van der Waals surface area contributed by atoms with E-state index in [2.05, 4.69) is 4.98 Å². The monoisotopic (exact) mass is 206 g/mol. The quantitative estimate of drug-likeness (QED) is 0.827. The van der Waals surface area contributed by atoms with Crippen molar-refractivity contribution in [1.29, 1.82) is 0 Å². The number of nitrogens with zero attached hydrogens (tertiary/aromatic N) is 1. The molecule has 82 valence electrons. The molecule has 2 rings (SSSR count). The van der Waals surface area contributed by atoms with E-state index in [0.717, 1.165) is 18.3 Å². The predicted octanol–water partition coefficient (Wildman–Crippen LogP) is 2.62. The minimum absolute atomic E-state index is 0.524. The molecule has 0 aromatic carbocycles. The molecule has 0 atom stereocenters. The highest BCUT2D eigenvalue weighted by Gasteiger charge is 2.13. The van der Waals surface area contributed by atoms with Gasteiger partial charge in [0.15, 0.2) is 0 Å². The summed E-state index contributed by atoms with van der Waals surface area (Å²) < 4.78 is 5.71. The Morgan fingerprint density at radius 1 is 1.33 bits per heavy atom. The summed E-state index contributed by atoms with van der Waals surface area (Å²) in [6, 6.07) is 3.64. The summed E-state index contributed by atoms with van der Waals surface area (Å²) in [5, 5.41) is 0. The molecule has 0 aliphatic heterocycles. The molecular weight excluding hydrogens is 188 g/mol. The molecule has 0 bridgehead atoms. The minimum atomic E-state index is 0.524. The minimum Gasteiger partial charge on any atom is -0.493 e. The molecule has 1 aliphatic carbocycles. The molecule has 0 amide bonds. The van der Waals surface area contributed by atoms with Gasteiger partial charge in [0.1, 0.15) is 11.6 Å². The lowest BCUT2D eigenvalue weighted by molar-refractivity contribution is 0.209. The maximum Gasteiger partial charge on any atom is 0.126 e. The van der Waals surface area contributed by atoms with Crippen LogP contribution in [0.3, 0.4) is 0 Å². The van der Waals surface area contributed by atoms with Crippen LogP contribution in [0.1, 0.15) is 32.1 Å². The van der Waals surface area contributed by atoms with E-state index in [9.17, 15) is 0 Å². The van der Waals surface area contributed by atoms with E-state index in [0.29, 0.717) is 5.82 Å². The Morgan fingerprint density at radius 2 is 2.13 bits per heavy atom. The van der Waals surface area contributed by atoms with Gasteiger partial charge in [-0.05, 0) is 24.8 Å². The molecule has 2 N–H and O–H groups in total. The molecule has 0 radical (unpaired) electrons. The van der Waals surface area contributed by atoms with Gasteiger partial charge in [0.25, 0.3) is 0 Å². The van der Waals surface area contributed by atoms with Gasteiger partial charge in [0.05, 0.1) is 6.61 Å². The van der Waals surface area contributed by atoms with E-state index in [4.69, 9.17) is 10.5 Å². The number of nitrogens with two attached hydrogens (primary N) is 1. The standard InChI is InChI=1S/C12H18N2O/c13-12-8-11(6-7-14-12)15-9-10-4-2-1-3-5-10/h6-8,10H,1-5,9H2,(H2,13,14). The first kappa shape index (κ1) is 10.3. The maximum absolute atomic E-state index is 5.71. The Kier molecular flexibility index (Phi) is 3.43. The van der Waals surface area contributed by atoms with Crippen LogP contribution in [0.25, 0.3) is 0 Å². The number of anilines is 1. The van der Waals surface area contributed by atoms with Crippen LogP contribution in [0, 0.1) is 5.92 Å². The second-order valence-corrected chi connectivity index (χ2v) is 4.23. The third-order valence-corrected chi connectivity index (χ3v) is 2.96. The van der Waals surface area contributed by atoms with Crippen LogP contribution in [-0.2, 0) is 0 Å². The first-order chi connectivity index (χ1) is 7.34. The van der Waals surface area contributed by atoms with Crippen molar-refractivity contribution in [3.8, 4) is 5.75 Å². The Balaban J connectivity index is 1.81. The number of aromatic nitrogens is 1. The summed E-state index contributed by atoms with van der Waals surface area (Å²) in [4.78, 5) is 3.93. The highest BCUT2D eigenvalue weighted by Crippen LogP contribution is 2.24. The first-order valence-corrected chi connectivity index (χ1v) is 5.69. The first-order valence-electron chi connectivity index (χ1n) is 5.69. The summed E-state index contributed by atoms with van der Waals surface area (Å²) in [6.45, 7) is 0.823. The molecule has 15 heavy (non-hydrogen) atoms. The van der Waals surface area contributed by atoms with Gasteiger partial charge in [-0.15, -0.1) is 0 Å². The fraction of sp³-hybridized carbons (Fsp3) is 0.583. The van der Waals surface area contributed by atoms with Crippen LogP contribution in [0.2, 0.25) is 0 Å². The van der Waals surface area contributed by atoms with Crippen LogP contribution < -0.4 is 10.5 Å². The molecular formula is C12H18N2O. The lowest BCUT2D eigenvalue weighted by Gasteiger charge is -2.21. The molecule has 0 unspecified atom stereocenters. The van der Waals surface area contributed by atoms with Gasteiger partial charge in [-0.1, -0.05) is 19.3 Å². The zero-order valence-corrected chi connectivity index (χ0v) is 8.98. The van der Waals surface area contributed by atoms with Crippen molar-refractivity contribution in [2.24, 2.45) is 5.92 Å². The smallest absolute Gasteiger partial charge is 0.126 e. The lowest BCUT2D eigenvalue weighted by atomic mass is 9.90. The van der Waals surface area contributed by atoms with Gasteiger partial charge in [-0.25, -0.2) is 4.98 Å². The number of hydrogen-bond donors (Lipinski definition) is 1. The van der Waals surface area contributed by atoms with Crippen molar-refractivity contribution in [1.82, 2.24) is 4.98 Å². The third kappa shape index (κ3) is 3.11. The lowest BCUT2D eigenvalue weighted by Crippen LogP contribution is -2.15. The summed E-state index contributed by atoms with van der Waals surface area (Å²) in [5.41, 5.74) is 5.58. The van der Waals surface area contributed by atoms with Crippen LogP contribution in [0.4, 0.5) is 5.82 Å². The molecule has 1 fully saturated rings. The molecule has 3 heteroatoms. The second-order valence-electron chi connectivity index (χ2n) is 4.23. The molecule has 1 aromatic rings. The van der Waals surface area contributed by atoms with E-state index in [1.165, 1.54) is 32.1 Å². The SMILES string of the molecule is Nc1cc(OCC2CCCCC2)ccn1. The van der Waals surface area contributed by atoms with Gasteiger partial charge >= 0.3 is 0 Å². The van der Waals surface area contributed by atoms with Crippen molar-refractivity contribution in [2.75, 3.05) is 12.3 Å². The van der Waals surface area contributed by atoms with Gasteiger partial charge in [-0.2, -0.15) is 0 Å². The van der Waals surface area contributed by atoms with Crippen molar-refractivity contribution < 1.29 is 4.74 Å². The van der Waals surface area contributed by atoms with Crippen molar-refractivity contribution in [3.63, 3.8) is 0 Å². The molecule has 0 saturated heterocycles. The molecule has 1 heterocycles. The second kappa shape index (κ2) is 5.01. The van der Waals surface area contributed by atoms with Crippen LogP contribution in [0.5, 0.6) is 5.75 Å². The number of ether oxygens (including phenoxy) is 1. The van der Waals surface area contributed by atoms with E-state index in [1.807, 2.05) is 6.07 Å². The van der Waals surface area contributed by atoms with E-state index in [-0.39, 0.29) is 0 Å². The molecule has 1 aromatic heterocycles. The average Bonchev–Trinajstić information content (AvgIpc) is 2.28. The maximum atomic E-state index is 5.71. The Morgan fingerprint density at radius 3 is 2.87 bits per heavy atom. The van der Waals surface area contributed by atoms with Gasteiger partial charge in [0, 0.05) is 12.3 Å². The fourth-order valence-electron chi connectivity index (χ4n) is 2.09. The van der Waals surface area contributed by atoms with Crippen molar-refractivity contribution in [2.45, 2.75) is 32.1 Å². The molecule has 1 aliphatic rings. The fourth-order valence-corrected chi connectivity index (χ4v) is 2.09. The largest absolute Gasteiger partial charge is 0.493 e. The number of pyridine rings is 1. The average molecular weight is 206 g/mol. The van der Waals surface area contributed by atoms with Crippen molar-refractivity contribution in [3.05, 3.63) is 18.3 Å².